The molecule has 3 aromatic rings. The Labute approximate surface area is 135 Å². The van der Waals surface area contributed by atoms with Gasteiger partial charge >= 0.3 is 0 Å². The van der Waals surface area contributed by atoms with Crippen LogP contribution in [0.2, 0.25) is 0 Å². The molecular weight excluding hydrogens is 288 g/mol. The quantitative estimate of drug-likeness (QED) is 0.788. The molecule has 5 heteroatoms. The van der Waals surface area contributed by atoms with E-state index < -0.39 is 0 Å². The monoisotopic (exact) mass is 308 g/mol. The van der Waals surface area contributed by atoms with Gasteiger partial charge in [-0.15, -0.1) is 0 Å². The molecule has 1 aromatic carbocycles. The number of hydrogen-bond donors (Lipinski definition) is 1. The van der Waals surface area contributed by atoms with Crippen molar-refractivity contribution in [2.75, 3.05) is 13.1 Å². The minimum absolute atomic E-state index is 0.0516. The number of amides is 1. The first-order valence-electron chi connectivity index (χ1n) is 7.82. The third-order valence-electron chi connectivity index (χ3n) is 3.94. The summed E-state index contributed by atoms with van der Waals surface area (Å²) in [6.45, 7) is 5.29. The van der Waals surface area contributed by atoms with Gasteiger partial charge in [0.05, 0.1) is 11.0 Å². The second-order valence-electron chi connectivity index (χ2n) is 5.54. The van der Waals surface area contributed by atoms with Gasteiger partial charge in [0.15, 0.2) is 0 Å². The van der Waals surface area contributed by atoms with Crippen molar-refractivity contribution in [2.24, 2.45) is 0 Å². The number of rotatable bonds is 5. The van der Waals surface area contributed by atoms with Crippen molar-refractivity contribution in [3.05, 3.63) is 59.7 Å². The van der Waals surface area contributed by atoms with Gasteiger partial charge in [-0.25, -0.2) is 4.98 Å². The molecule has 1 amide bonds. The largest absolute Gasteiger partial charge is 0.342 e. The van der Waals surface area contributed by atoms with E-state index in [9.17, 15) is 4.79 Å². The summed E-state index contributed by atoms with van der Waals surface area (Å²) in [7, 11) is 0. The second kappa shape index (κ2) is 6.60. The van der Waals surface area contributed by atoms with Gasteiger partial charge in [0.2, 0.25) is 0 Å². The van der Waals surface area contributed by atoms with Gasteiger partial charge in [-0.2, -0.15) is 0 Å². The van der Waals surface area contributed by atoms with E-state index in [2.05, 4.69) is 15.0 Å². The molecule has 0 fully saturated rings. The van der Waals surface area contributed by atoms with Crippen molar-refractivity contribution >= 4 is 16.9 Å². The van der Waals surface area contributed by atoms with Crippen LogP contribution in [0, 0.1) is 6.92 Å². The maximum atomic E-state index is 12.7. The molecule has 0 spiro atoms. The molecule has 23 heavy (non-hydrogen) atoms. The van der Waals surface area contributed by atoms with E-state index in [-0.39, 0.29) is 5.91 Å². The second-order valence-corrected chi connectivity index (χ2v) is 5.54. The third kappa shape index (κ3) is 3.39. The van der Waals surface area contributed by atoms with E-state index in [0.29, 0.717) is 18.7 Å². The number of aryl methyl sites for hydroxylation is 1. The lowest BCUT2D eigenvalue weighted by molar-refractivity contribution is 0.0766. The Morgan fingerprint density at radius 2 is 2.00 bits per heavy atom. The average Bonchev–Trinajstić information content (AvgIpc) is 2.95. The smallest absolute Gasteiger partial charge is 0.253 e. The molecule has 0 atom stereocenters. The number of likely N-dealkylation sites (N-methyl/N-ethyl adjacent to an activating group) is 1. The number of benzene rings is 1. The van der Waals surface area contributed by atoms with Crippen LogP contribution in [-0.2, 0) is 6.42 Å². The minimum Gasteiger partial charge on any atom is -0.342 e. The predicted octanol–water partition coefficient (Wildman–Crippen LogP) is 2.97. The number of H-pyrrole nitrogens is 1. The number of fused-ring (bicyclic) bond motifs is 1. The number of nitrogens with zero attached hydrogens (tertiary/aromatic N) is 3. The lowest BCUT2D eigenvalue weighted by atomic mass is 10.1. The lowest BCUT2D eigenvalue weighted by Gasteiger charge is -2.21. The van der Waals surface area contributed by atoms with Crippen LogP contribution in [0.4, 0.5) is 0 Å². The average molecular weight is 308 g/mol. The van der Waals surface area contributed by atoms with E-state index in [1.165, 1.54) is 5.56 Å². The van der Waals surface area contributed by atoms with E-state index in [0.717, 1.165) is 23.3 Å². The molecule has 0 aliphatic carbocycles. The first-order chi connectivity index (χ1) is 11.2. The first kappa shape index (κ1) is 15.2. The van der Waals surface area contributed by atoms with Crippen LogP contribution in [0.15, 0.2) is 42.7 Å². The van der Waals surface area contributed by atoms with Gasteiger partial charge in [-0.1, -0.05) is 0 Å². The number of nitrogens with one attached hydrogen (secondary N) is 1. The van der Waals surface area contributed by atoms with E-state index in [1.807, 2.05) is 49.1 Å². The summed E-state index contributed by atoms with van der Waals surface area (Å²) in [5.41, 5.74) is 3.67. The molecule has 1 N–H and O–H groups in total. The van der Waals surface area contributed by atoms with Crippen LogP contribution in [0.3, 0.4) is 0 Å². The van der Waals surface area contributed by atoms with Crippen LogP contribution >= 0.6 is 0 Å². The summed E-state index contributed by atoms with van der Waals surface area (Å²) < 4.78 is 0. The van der Waals surface area contributed by atoms with Crippen molar-refractivity contribution in [1.29, 1.82) is 0 Å². The van der Waals surface area contributed by atoms with Crippen LogP contribution in [-0.4, -0.2) is 38.8 Å². The molecule has 0 saturated heterocycles. The fourth-order valence-corrected chi connectivity index (χ4v) is 2.67. The number of hydrogen-bond acceptors (Lipinski definition) is 3. The molecule has 3 rings (SSSR count). The fourth-order valence-electron chi connectivity index (χ4n) is 2.67. The summed E-state index contributed by atoms with van der Waals surface area (Å²) in [6.07, 6.45) is 4.39. The zero-order valence-corrected chi connectivity index (χ0v) is 13.4. The highest BCUT2D eigenvalue weighted by molar-refractivity contribution is 5.97. The fraction of sp³-hybridized carbons (Fsp3) is 0.278. The molecule has 0 aliphatic heterocycles. The highest BCUT2D eigenvalue weighted by atomic mass is 16.2. The predicted molar refractivity (Wildman–Crippen MR) is 90.3 cm³/mol. The molecule has 5 nitrogen and oxygen atoms in total. The van der Waals surface area contributed by atoms with Gasteiger partial charge < -0.3 is 9.88 Å². The number of pyridine rings is 1. The van der Waals surface area contributed by atoms with Crippen molar-refractivity contribution < 1.29 is 4.79 Å². The van der Waals surface area contributed by atoms with Gasteiger partial charge in [0.1, 0.15) is 5.82 Å². The van der Waals surface area contributed by atoms with Gasteiger partial charge in [-0.3, -0.25) is 9.78 Å². The number of carbonyl (C=O) groups is 1. The van der Waals surface area contributed by atoms with Gasteiger partial charge in [-0.05, 0) is 56.2 Å². The maximum absolute atomic E-state index is 12.7. The van der Waals surface area contributed by atoms with Gasteiger partial charge in [0.25, 0.3) is 5.91 Å². The summed E-state index contributed by atoms with van der Waals surface area (Å²) in [4.78, 5) is 26.2. The number of imidazole rings is 1. The molecule has 2 aromatic heterocycles. The lowest BCUT2D eigenvalue weighted by Crippen LogP contribution is -2.32. The summed E-state index contributed by atoms with van der Waals surface area (Å²) in [5, 5.41) is 0. The van der Waals surface area contributed by atoms with Gasteiger partial charge in [0, 0.05) is 31.0 Å². The Kier molecular flexibility index (Phi) is 4.37. The number of aromatic nitrogens is 3. The van der Waals surface area contributed by atoms with E-state index in [4.69, 9.17) is 0 Å². The van der Waals surface area contributed by atoms with Crippen molar-refractivity contribution in [3.63, 3.8) is 0 Å². The minimum atomic E-state index is 0.0516. The molecule has 0 bridgehead atoms. The van der Waals surface area contributed by atoms with Crippen LogP contribution in [0.1, 0.15) is 28.7 Å². The van der Waals surface area contributed by atoms with E-state index >= 15 is 0 Å². The Hall–Kier alpha value is -2.69. The number of carbonyl (C=O) groups excluding carboxylic acids is 1. The van der Waals surface area contributed by atoms with Crippen molar-refractivity contribution in [2.45, 2.75) is 20.3 Å². The molecule has 0 saturated carbocycles. The highest BCUT2D eigenvalue weighted by Gasteiger charge is 2.15. The Balaban J connectivity index is 1.75. The summed E-state index contributed by atoms with van der Waals surface area (Å²) in [6, 6.07) is 9.59. The molecule has 0 radical (unpaired) electrons. The zero-order valence-electron chi connectivity index (χ0n) is 13.4. The van der Waals surface area contributed by atoms with E-state index in [1.54, 1.807) is 12.4 Å². The molecule has 2 heterocycles. The van der Waals surface area contributed by atoms with Crippen LogP contribution in [0.25, 0.3) is 11.0 Å². The topological polar surface area (TPSA) is 61.9 Å². The Bertz CT molecular complexity index is 810. The van der Waals surface area contributed by atoms with Crippen LogP contribution in [0.5, 0.6) is 0 Å². The summed E-state index contributed by atoms with van der Waals surface area (Å²) >= 11 is 0. The highest BCUT2D eigenvalue weighted by Crippen LogP contribution is 2.15. The Morgan fingerprint density at radius 3 is 2.74 bits per heavy atom. The normalized spacial score (nSPS) is 10.9. The summed E-state index contributed by atoms with van der Waals surface area (Å²) in [5.74, 6) is 0.908. The molecular formula is C18H20N4O. The standard InChI is InChI=1S/C18H20N4O/c1-3-22(11-8-14-6-9-19-10-7-14)18(23)15-4-5-16-17(12-15)21-13(2)20-16/h4-7,9-10,12H,3,8,11H2,1-2H3,(H,20,21). The maximum Gasteiger partial charge on any atom is 0.253 e. The molecule has 0 aliphatic rings. The van der Waals surface area contributed by atoms with Crippen molar-refractivity contribution in [3.8, 4) is 0 Å². The third-order valence-corrected chi connectivity index (χ3v) is 3.94. The van der Waals surface area contributed by atoms with Crippen LogP contribution < -0.4 is 0 Å². The first-order valence-corrected chi connectivity index (χ1v) is 7.82. The molecule has 0 unspecified atom stereocenters. The number of aromatic amines is 1. The Morgan fingerprint density at radius 1 is 1.22 bits per heavy atom. The molecule has 118 valence electrons. The van der Waals surface area contributed by atoms with Crippen molar-refractivity contribution in [1.82, 2.24) is 19.9 Å². The SMILES string of the molecule is CCN(CCc1ccncc1)C(=O)c1ccc2nc(C)[nH]c2c1. The zero-order chi connectivity index (χ0) is 16.2.